The third-order valence-corrected chi connectivity index (χ3v) is 2.10. The van der Waals surface area contributed by atoms with Gasteiger partial charge in [0.1, 0.15) is 12.1 Å². The fraction of sp³-hybridized carbons (Fsp3) is 1.00. The van der Waals surface area contributed by atoms with Crippen LogP contribution in [0.5, 0.6) is 0 Å². The minimum absolute atomic E-state index is 0.165. The van der Waals surface area contributed by atoms with Gasteiger partial charge in [-0.1, -0.05) is 6.92 Å². The van der Waals surface area contributed by atoms with E-state index in [1.54, 1.807) is 0 Å². The Balaban J connectivity index is 0.000000293. The molecule has 1 aliphatic heterocycles. The summed E-state index contributed by atoms with van der Waals surface area (Å²) in [6, 6.07) is 0. The molecule has 1 heterocycles. The number of ether oxygens (including phenoxy) is 1. The van der Waals surface area contributed by atoms with E-state index in [0.717, 1.165) is 26.1 Å². The number of quaternary nitrogens is 1. The maximum absolute atomic E-state index is 10.7. The Morgan fingerprint density at radius 3 is 1.81 bits per heavy atom. The summed E-state index contributed by atoms with van der Waals surface area (Å²) in [7, 11) is -10.7. The predicted molar refractivity (Wildman–Crippen MR) is 49.9 cm³/mol. The molecule has 0 amide bonds. The Hall–Kier alpha value is -0.0700. The first-order valence-electron chi connectivity index (χ1n) is 4.74. The van der Waals surface area contributed by atoms with Crippen molar-refractivity contribution in [2.45, 2.75) is 25.9 Å². The second-order valence-corrected chi connectivity index (χ2v) is 5.81. The molecule has 2 N–H and O–H groups in total. The van der Waals surface area contributed by atoms with Crippen molar-refractivity contribution < 1.29 is 35.2 Å². The van der Waals surface area contributed by atoms with Gasteiger partial charge in [0.2, 0.25) is 0 Å². The van der Waals surface area contributed by atoms with Crippen LogP contribution in [0.1, 0.15) is 20.3 Å². The first-order valence-corrected chi connectivity index (χ1v) is 6.77. The minimum atomic E-state index is -10.7. The zero-order chi connectivity index (χ0) is 13.2. The Bertz CT molecular complexity index is 219. The zero-order valence-corrected chi connectivity index (χ0v) is 9.92. The average Bonchev–Trinajstić information content (AvgIpc) is 2.00. The van der Waals surface area contributed by atoms with E-state index in [-0.39, 0.29) is 5.60 Å². The third kappa shape index (κ3) is 13.9. The van der Waals surface area contributed by atoms with Gasteiger partial charge in [0, 0.05) is 0 Å². The van der Waals surface area contributed by atoms with E-state index in [9.17, 15) is 25.2 Å². The van der Waals surface area contributed by atoms with Gasteiger partial charge in [-0.15, -0.1) is 0 Å². The average molecular weight is 275 g/mol. The molecule has 2 nitrogen and oxygen atoms in total. The Morgan fingerprint density at radius 1 is 1.19 bits per heavy atom. The summed E-state index contributed by atoms with van der Waals surface area (Å²) in [5.74, 6) is 0. The van der Waals surface area contributed by atoms with E-state index in [0.29, 0.717) is 0 Å². The number of morpholine rings is 1. The molecular formula is C7H16F6NOP. The summed E-state index contributed by atoms with van der Waals surface area (Å²) in [6.07, 6.45) is 1.13. The van der Waals surface area contributed by atoms with Gasteiger partial charge >= 0.3 is 33.0 Å². The van der Waals surface area contributed by atoms with Gasteiger partial charge in [0.05, 0.1) is 13.2 Å². The molecular weight excluding hydrogens is 259 g/mol. The van der Waals surface area contributed by atoms with Gasteiger partial charge in [0.15, 0.2) is 0 Å². The number of rotatable bonds is 1. The van der Waals surface area contributed by atoms with Crippen LogP contribution in [-0.2, 0) is 4.74 Å². The van der Waals surface area contributed by atoms with Gasteiger partial charge in [0.25, 0.3) is 0 Å². The summed E-state index contributed by atoms with van der Waals surface area (Å²) in [5, 5.41) is 2.33. The van der Waals surface area contributed by atoms with Crippen molar-refractivity contribution in [2.24, 2.45) is 0 Å². The van der Waals surface area contributed by atoms with E-state index in [4.69, 9.17) is 4.74 Å². The molecule has 1 unspecified atom stereocenters. The molecule has 1 rings (SSSR count). The summed E-state index contributed by atoms with van der Waals surface area (Å²) in [5.41, 5.74) is 0.165. The molecule has 0 radical (unpaired) electrons. The van der Waals surface area contributed by atoms with Crippen LogP contribution in [0, 0.1) is 0 Å². The Morgan fingerprint density at radius 2 is 1.62 bits per heavy atom. The molecule has 102 valence electrons. The molecule has 16 heavy (non-hydrogen) atoms. The van der Waals surface area contributed by atoms with Crippen LogP contribution in [0.25, 0.3) is 0 Å². The van der Waals surface area contributed by atoms with Crippen molar-refractivity contribution in [3.8, 4) is 0 Å². The summed E-state index contributed by atoms with van der Waals surface area (Å²) < 4.78 is 64.8. The summed E-state index contributed by atoms with van der Waals surface area (Å²) in [4.78, 5) is 0. The maximum atomic E-state index is 9.87. The second-order valence-electron chi connectivity index (χ2n) is 3.89. The molecule has 9 heteroatoms. The number of halogens is 6. The summed E-state index contributed by atoms with van der Waals surface area (Å²) >= 11 is 0. The molecule has 0 aliphatic carbocycles. The van der Waals surface area contributed by atoms with Gasteiger partial charge in [-0.3, -0.25) is 0 Å². The van der Waals surface area contributed by atoms with Crippen molar-refractivity contribution in [2.75, 3.05) is 19.7 Å². The molecule has 1 atom stereocenters. The SMILES string of the molecule is CCC1(C)C[NH2+]CCO1.F[P-](F)(F)(F)(F)F. The Kier molecular flexibility index (Phi) is 3.98. The van der Waals surface area contributed by atoms with Crippen LogP contribution < -0.4 is 5.32 Å². The molecule has 0 spiro atoms. The molecule has 0 aromatic carbocycles. The quantitative estimate of drug-likeness (QED) is 0.577. The van der Waals surface area contributed by atoms with Crippen molar-refractivity contribution in [1.82, 2.24) is 0 Å². The first kappa shape index (κ1) is 15.9. The molecule has 1 fully saturated rings. The fourth-order valence-electron chi connectivity index (χ4n) is 1.10. The van der Waals surface area contributed by atoms with Gasteiger partial charge in [-0.25, -0.2) is 0 Å². The molecule has 0 aromatic heterocycles. The van der Waals surface area contributed by atoms with Gasteiger partial charge in [-0.05, 0) is 13.3 Å². The monoisotopic (exact) mass is 275 g/mol. The predicted octanol–water partition coefficient (Wildman–Crippen LogP) is 3.13. The molecule has 1 aliphatic rings. The van der Waals surface area contributed by atoms with Crippen LogP contribution in [-0.4, -0.2) is 25.3 Å². The normalized spacial score (nSPS) is 30.8. The van der Waals surface area contributed by atoms with Crippen LogP contribution >= 0.6 is 7.81 Å². The standard InChI is InChI=1S/C7H15NO.F6P/c1-3-7(2)6-8-4-5-9-7;1-7(2,3,4,5)6/h8H,3-6H2,1-2H3;/q;-1/p+1. The molecule has 1 saturated heterocycles. The van der Waals surface area contributed by atoms with Crippen molar-refractivity contribution in [3.63, 3.8) is 0 Å². The van der Waals surface area contributed by atoms with E-state index >= 15 is 0 Å². The van der Waals surface area contributed by atoms with Crippen molar-refractivity contribution in [1.29, 1.82) is 0 Å². The molecule has 0 saturated carbocycles. The fourth-order valence-corrected chi connectivity index (χ4v) is 1.10. The first-order chi connectivity index (χ1) is 6.72. The van der Waals surface area contributed by atoms with Crippen molar-refractivity contribution >= 4 is 7.81 Å². The van der Waals surface area contributed by atoms with Crippen molar-refractivity contribution in [3.05, 3.63) is 0 Å². The van der Waals surface area contributed by atoms with E-state index in [1.165, 1.54) is 0 Å². The molecule has 0 bridgehead atoms. The topological polar surface area (TPSA) is 25.8 Å². The van der Waals surface area contributed by atoms with Crippen LogP contribution in [0.2, 0.25) is 0 Å². The van der Waals surface area contributed by atoms with E-state index in [1.807, 2.05) is 0 Å². The molecule has 0 aromatic rings. The van der Waals surface area contributed by atoms with E-state index in [2.05, 4.69) is 19.2 Å². The summed E-state index contributed by atoms with van der Waals surface area (Å²) in [6.45, 7) is 7.55. The second kappa shape index (κ2) is 3.99. The van der Waals surface area contributed by atoms with Crippen LogP contribution in [0.3, 0.4) is 0 Å². The number of nitrogens with two attached hydrogens (primary N) is 1. The third-order valence-electron chi connectivity index (χ3n) is 2.10. The number of hydrogen-bond donors (Lipinski definition) is 1. The van der Waals surface area contributed by atoms with Gasteiger partial charge < -0.3 is 10.1 Å². The zero-order valence-electron chi connectivity index (χ0n) is 9.03. The van der Waals surface area contributed by atoms with Crippen LogP contribution in [0.4, 0.5) is 25.2 Å². The Labute approximate surface area is 89.6 Å². The number of hydrogen-bond acceptors (Lipinski definition) is 1. The van der Waals surface area contributed by atoms with E-state index < -0.39 is 7.81 Å². The van der Waals surface area contributed by atoms with Crippen LogP contribution in [0.15, 0.2) is 0 Å². The van der Waals surface area contributed by atoms with Gasteiger partial charge in [-0.2, -0.15) is 0 Å².